The van der Waals surface area contributed by atoms with Crippen molar-refractivity contribution in [2.24, 2.45) is 5.73 Å². The third kappa shape index (κ3) is 4.35. The van der Waals surface area contributed by atoms with Crippen molar-refractivity contribution in [3.8, 4) is 0 Å². The summed E-state index contributed by atoms with van der Waals surface area (Å²) in [4.78, 5) is 21.5. The maximum Gasteiger partial charge on any atom is 0.251 e. The zero-order valence-electron chi connectivity index (χ0n) is 14.6. The summed E-state index contributed by atoms with van der Waals surface area (Å²) < 4.78 is 0. The van der Waals surface area contributed by atoms with Gasteiger partial charge >= 0.3 is 0 Å². The molecule has 132 valence electrons. The molecule has 0 spiro atoms. The lowest BCUT2D eigenvalue weighted by Crippen LogP contribution is -2.45. The van der Waals surface area contributed by atoms with Crippen molar-refractivity contribution < 1.29 is 4.79 Å². The first-order valence-corrected chi connectivity index (χ1v) is 8.62. The van der Waals surface area contributed by atoms with Crippen LogP contribution in [0.2, 0.25) is 0 Å². The Morgan fingerprint density at radius 3 is 2.56 bits per heavy atom. The number of hydrogen-bond acceptors (Lipinski definition) is 5. The number of pyridine rings is 1. The fourth-order valence-electron chi connectivity index (χ4n) is 2.94. The third-order valence-electron chi connectivity index (χ3n) is 4.56. The Morgan fingerprint density at radius 1 is 1.16 bits per heavy atom. The van der Waals surface area contributed by atoms with E-state index in [0.29, 0.717) is 18.7 Å². The van der Waals surface area contributed by atoms with Crippen LogP contribution in [0.1, 0.15) is 21.5 Å². The number of carbonyl (C=O) groups excluding carboxylic acids is 1. The molecule has 1 aromatic heterocycles. The highest BCUT2D eigenvalue weighted by Crippen LogP contribution is 2.18. The SMILES string of the molecule is CN1CCN(c2ncccc2CNC(=O)c2ccc(CN)cc2)CC1. The van der Waals surface area contributed by atoms with E-state index < -0.39 is 0 Å². The van der Waals surface area contributed by atoms with Gasteiger partial charge in [-0.3, -0.25) is 4.79 Å². The Labute approximate surface area is 148 Å². The summed E-state index contributed by atoms with van der Waals surface area (Å²) in [5, 5.41) is 2.99. The number of nitrogens with two attached hydrogens (primary N) is 1. The van der Waals surface area contributed by atoms with Crippen LogP contribution in [0.25, 0.3) is 0 Å². The molecule has 3 N–H and O–H groups in total. The molecule has 25 heavy (non-hydrogen) atoms. The molecule has 0 atom stereocenters. The predicted molar refractivity (Wildman–Crippen MR) is 99.5 cm³/mol. The Balaban J connectivity index is 1.65. The second-order valence-electron chi connectivity index (χ2n) is 6.36. The number of piperazine rings is 1. The number of rotatable bonds is 5. The summed E-state index contributed by atoms with van der Waals surface area (Å²) in [5.74, 6) is 0.881. The second-order valence-corrected chi connectivity index (χ2v) is 6.36. The van der Waals surface area contributed by atoms with Gasteiger partial charge in [0.25, 0.3) is 5.91 Å². The molecule has 1 aliphatic heterocycles. The molecule has 2 aromatic rings. The van der Waals surface area contributed by atoms with E-state index in [0.717, 1.165) is 43.1 Å². The largest absolute Gasteiger partial charge is 0.354 e. The zero-order chi connectivity index (χ0) is 17.6. The number of carbonyl (C=O) groups is 1. The summed E-state index contributed by atoms with van der Waals surface area (Å²) in [7, 11) is 2.13. The highest BCUT2D eigenvalue weighted by Gasteiger charge is 2.18. The first-order chi connectivity index (χ1) is 12.2. The number of amides is 1. The zero-order valence-corrected chi connectivity index (χ0v) is 14.6. The molecule has 1 aliphatic rings. The summed E-state index contributed by atoms with van der Waals surface area (Å²) in [6, 6.07) is 11.3. The fourth-order valence-corrected chi connectivity index (χ4v) is 2.94. The molecule has 1 amide bonds. The van der Waals surface area contributed by atoms with Crippen molar-refractivity contribution >= 4 is 11.7 Å². The van der Waals surface area contributed by atoms with E-state index in [1.54, 1.807) is 0 Å². The Kier molecular flexibility index (Phi) is 5.63. The number of likely N-dealkylation sites (N-methyl/N-ethyl adjacent to an activating group) is 1. The molecule has 3 rings (SSSR count). The van der Waals surface area contributed by atoms with Gasteiger partial charge in [-0.15, -0.1) is 0 Å². The standard InChI is InChI=1S/C19H25N5O/c1-23-9-11-24(12-10-23)18-17(3-2-8-21-18)14-22-19(25)16-6-4-15(13-20)5-7-16/h2-8H,9-14,20H2,1H3,(H,22,25). The molecule has 1 aromatic carbocycles. The monoisotopic (exact) mass is 339 g/mol. The van der Waals surface area contributed by atoms with Crippen molar-refractivity contribution in [2.45, 2.75) is 13.1 Å². The molecule has 6 heteroatoms. The highest BCUT2D eigenvalue weighted by molar-refractivity contribution is 5.94. The van der Waals surface area contributed by atoms with Crippen LogP contribution in [0, 0.1) is 0 Å². The molecule has 0 unspecified atom stereocenters. The van der Waals surface area contributed by atoms with Gasteiger partial charge in [0, 0.05) is 56.6 Å². The lowest BCUT2D eigenvalue weighted by molar-refractivity contribution is 0.0951. The lowest BCUT2D eigenvalue weighted by atomic mass is 10.1. The number of nitrogens with zero attached hydrogens (tertiary/aromatic N) is 3. The minimum absolute atomic E-state index is 0.0863. The molecule has 0 radical (unpaired) electrons. The quantitative estimate of drug-likeness (QED) is 0.857. The second kappa shape index (κ2) is 8.09. The first-order valence-electron chi connectivity index (χ1n) is 8.62. The summed E-state index contributed by atoms with van der Waals surface area (Å²) >= 11 is 0. The smallest absolute Gasteiger partial charge is 0.251 e. The van der Waals surface area contributed by atoms with Crippen LogP contribution in [0.15, 0.2) is 42.6 Å². The van der Waals surface area contributed by atoms with E-state index in [1.807, 2.05) is 42.6 Å². The van der Waals surface area contributed by atoms with Gasteiger partial charge in [0.2, 0.25) is 0 Å². The van der Waals surface area contributed by atoms with E-state index in [2.05, 4.69) is 27.1 Å². The molecule has 2 heterocycles. The van der Waals surface area contributed by atoms with Crippen LogP contribution in [0.3, 0.4) is 0 Å². The van der Waals surface area contributed by atoms with Crippen LogP contribution in [-0.2, 0) is 13.1 Å². The molecule has 0 saturated carbocycles. The van der Waals surface area contributed by atoms with Gasteiger partial charge in [-0.05, 0) is 30.8 Å². The average Bonchev–Trinajstić information content (AvgIpc) is 2.67. The molecule has 0 bridgehead atoms. The van der Waals surface area contributed by atoms with Gasteiger partial charge in [-0.25, -0.2) is 4.98 Å². The van der Waals surface area contributed by atoms with Crippen LogP contribution in [0.4, 0.5) is 5.82 Å². The van der Waals surface area contributed by atoms with Crippen molar-refractivity contribution in [1.29, 1.82) is 0 Å². The number of anilines is 1. The van der Waals surface area contributed by atoms with Crippen molar-refractivity contribution in [1.82, 2.24) is 15.2 Å². The average molecular weight is 339 g/mol. The maximum absolute atomic E-state index is 12.4. The fraction of sp³-hybridized carbons (Fsp3) is 0.368. The summed E-state index contributed by atoms with van der Waals surface area (Å²) in [6.07, 6.45) is 1.81. The van der Waals surface area contributed by atoms with Crippen molar-refractivity contribution in [2.75, 3.05) is 38.1 Å². The molecular weight excluding hydrogens is 314 g/mol. The Morgan fingerprint density at radius 2 is 1.88 bits per heavy atom. The molecule has 6 nitrogen and oxygen atoms in total. The topological polar surface area (TPSA) is 74.5 Å². The first kappa shape index (κ1) is 17.4. The maximum atomic E-state index is 12.4. The van der Waals surface area contributed by atoms with E-state index in [-0.39, 0.29) is 5.91 Å². The summed E-state index contributed by atoms with van der Waals surface area (Å²) in [6.45, 7) is 4.90. The van der Waals surface area contributed by atoms with Gasteiger partial charge in [-0.2, -0.15) is 0 Å². The van der Waals surface area contributed by atoms with Crippen LogP contribution < -0.4 is 16.0 Å². The molecular formula is C19H25N5O. The highest BCUT2D eigenvalue weighted by atomic mass is 16.1. The van der Waals surface area contributed by atoms with Crippen molar-refractivity contribution in [3.63, 3.8) is 0 Å². The number of hydrogen-bond donors (Lipinski definition) is 2. The number of benzene rings is 1. The van der Waals surface area contributed by atoms with Crippen LogP contribution in [-0.4, -0.2) is 49.0 Å². The third-order valence-corrected chi connectivity index (χ3v) is 4.56. The summed E-state index contributed by atoms with van der Waals surface area (Å²) in [5.41, 5.74) is 8.29. The lowest BCUT2D eigenvalue weighted by Gasteiger charge is -2.34. The number of nitrogens with one attached hydrogen (secondary N) is 1. The van der Waals surface area contributed by atoms with Gasteiger partial charge in [0.1, 0.15) is 5.82 Å². The minimum Gasteiger partial charge on any atom is -0.354 e. The van der Waals surface area contributed by atoms with Gasteiger partial charge in [0.05, 0.1) is 0 Å². The van der Waals surface area contributed by atoms with Gasteiger partial charge in [-0.1, -0.05) is 18.2 Å². The molecule has 0 aliphatic carbocycles. The van der Waals surface area contributed by atoms with Crippen LogP contribution in [0.5, 0.6) is 0 Å². The Hall–Kier alpha value is -2.44. The minimum atomic E-state index is -0.0863. The number of aromatic nitrogens is 1. The molecule has 1 saturated heterocycles. The van der Waals surface area contributed by atoms with Gasteiger partial charge in [0.15, 0.2) is 0 Å². The normalized spacial score (nSPS) is 15.2. The van der Waals surface area contributed by atoms with Crippen molar-refractivity contribution in [3.05, 3.63) is 59.3 Å². The van der Waals surface area contributed by atoms with E-state index in [9.17, 15) is 4.79 Å². The van der Waals surface area contributed by atoms with E-state index in [4.69, 9.17) is 5.73 Å². The van der Waals surface area contributed by atoms with E-state index in [1.165, 1.54) is 0 Å². The van der Waals surface area contributed by atoms with E-state index >= 15 is 0 Å². The van der Waals surface area contributed by atoms with Gasteiger partial charge < -0.3 is 20.9 Å². The Bertz CT molecular complexity index is 708. The van der Waals surface area contributed by atoms with Crippen LogP contribution >= 0.6 is 0 Å². The molecule has 1 fully saturated rings. The predicted octanol–water partition coefficient (Wildman–Crippen LogP) is 1.22.